The number of rotatable bonds is 10. The zero-order valence-electron chi connectivity index (χ0n) is 20.9. The number of methoxy groups -OCH3 is 1. The second kappa shape index (κ2) is 11.6. The van der Waals surface area contributed by atoms with Gasteiger partial charge in [0.2, 0.25) is 5.95 Å². The summed E-state index contributed by atoms with van der Waals surface area (Å²) in [6.45, 7) is 2.35. The summed E-state index contributed by atoms with van der Waals surface area (Å²) in [5.41, 5.74) is 3.92. The molecule has 7 nitrogen and oxygen atoms in total. The van der Waals surface area contributed by atoms with Gasteiger partial charge in [0, 0.05) is 33.7 Å². The van der Waals surface area contributed by atoms with Crippen LogP contribution in [0.3, 0.4) is 0 Å². The fourth-order valence-electron chi connectivity index (χ4n) is 4.12. The molecule has 0 spiro atoms. The summed E-state index contributed by atoms with van der Waals surface area (Å²) in [6.07, 6.45) is 0.777. The van der Waals surface area contributed by atoms with E-state index in [-0.39, 0.29) is 11.8 Å². The van der Waals surface area contributed by atoms with Crippen molar-refractivity contribution in [3.63, 3.8) is 0 Å². The lowest BCUT2D eigenvalue weighted by molar-refractivity contribution is 0.208. The summed E-state index contributed by atoms with van der Waals surface area (Å²) in [5, 5.41) is 2.95. The molecule has 0 radical (unpaired) electrons. The molecule has 8 heteroatoms. The second-order valence-electron chi connectivity index (χ2n) is 8.82. The summed E-state index contributed by atoms with van der Waals surface area (Å²) < 4.78 is 20.8. The molecule has 4 rings (SSSR count). The van der Waals surface area contributed by atoms with Gasteiger partial charge in [-0.1, -0.05) is 36.4 Å². The van der Waals surface area contributed by atoms with Crippen molar-refractivity contribution in [3.8, 4) is 5.75 Å². The van der Waals surface area contributed by atoms with Gasteiger partial charge in [0.1, 0.15) is 11.6 Å². The van der Waals surface area contributed by atoms with Crippen molar-refractivity contribution in [2.75, 3.05) is 39.2 Å². The minimum Gasteiger partial charge on any atom is -0.497 e. The molecular formula is C28H32FN5O2. The molecule has 0 saturated heterocycles. The van der Waals surface area contributed by atoms with E-state index in [1.807, 2.05) is 55.6 Å². The Morgan fingerprint density at radius 1 is 1.00 bits per heavy atom. The number of nitrogens with zero attached hydrogens (tertiary/aromatic N) is 4. The Hall–Kier alpha value is -4.07. The van der Waals surface area contributed by atoms with Crippen molar-refractivity contribution in [2.24, 2.45) is 0 Å². The standard InChI is InChI=1S/C28H32FN5O2/c1-32(16-7-17-33(2)28(35)30-19-22-8-6-9-24(18-22)36-3)27-31-25-10-4-5-11-26(25)34(27)20-21-12-14-23(29)15-13-21/h4-6,8-15,18H,7,16-17,19-20H2,1-3H3,(H,30,35). The highest BCUT2D eigenvalue weighted by Crippen LogP contribution is 2.24. The molecule has 36 heavy (non-hydrogen) atoms. The van der Waals surface area contributed by atoms with Crippen LogP contribution >= 0.6 is 0 Å². The number of anilines is 1. The molecule has 1 aromatic heterocycles. The highest BCUT2D eigenvalue weighted by molar-refractivity contribution is 5.79. The summed E-state index contributed by atoms with van der Waals surface area (Å²) in [5.74, 6) is 1.36. The average Bonchev–Trinajstić information content (AvgIpc) is 3.27. The SMILES string of the molecule is COc1cccc(CNC(=O)N(C)CCCN(C)c2nc3ccccc3n2Cc2ccc(F)cc2)c1. The van der Waals surface area contributed by atoms with Crippen molar-refractivity contribution in [1.29, 1.82) is 0 Å². The number of hydrogen-bond donors (Lipinski definition) is 1. The lowest BCUT2D eigenvalue weighted by Gasteiger charge is -2.23. The Morgan fingerprint density at radius 2 is 1.78 bits per heavy atom. The van der Waals surface area contributed by atoms with E-state index in [9.17, 15) is 9.18 Å². The third kappa shape index (κ3) is 6.13. The quantitative estimate of drug-likeness (QED) is 0.344. The third-order valence-electron chi connectivity index (χ3n) is 6.14. The van der Waals surface area contributed by atoms with Gasteiger partial charge in [0.25, 0.3) is 0 Å². The van der Waals surface area contributed by atoms with Gasteiger partial charge in [-0.05, 0) is 53.9 Å². The number of hydrogen-bond acceptors (Lipinski definition) is 4. The third-order valence-corrected chi connectivity index (χ3v) is 6.14. The molecule has 0 fully saturated rings. The number of ether oxygens (including phenoxy) is 1. The number of imidazole rings is 1. The van der Waals surface area contributed by atoms with E-state index >= 15 is 0 Å². The van der Waals surface area contributed by atoms with Crippen LogP contribution < -0.4 is 15.0 Å². The number of nitrogens with one attached hydrogen (secondary N) is 1. The Balaban J connectivity index is 1.35. The highest BCUT2D eigenvalue weighted by Gasteiger charge is 2.15. The zero-order chi connectivity index (χ0) is 25.5. The van der Waals surface area contributed by atoms with Gasteiger partial charge < -0.3 is 24.4 Å². The van der Waals surface area contributed by atoms with Gasteiger partial charge >= 0.3 is 6.03 Å². The first-order chi connectivity index (χ1) is 17.4. The zero-order valence-corrected chi connectivity index (χ0v) is 20.9. The minimum absolute atomic E-state index is 0.121. The van der Waals surface area contributed by atoms with Crippen LogP contribution in [0.5, 0.6) is 5.75 Å². The molecular weight excluding hydrogens is 457 g/mol. The van der Waals surface area contributed by atoms with Crippen LogP contribution in [0.1, 0.15) is 17.5 Å². The number of halogens is 1. The number of aromatic nitrogens is 2. The molecule has 1 N–H and O–H groups in total. The molecule has 0 aliphatic rings. The van der Waals surface area contributed by atoms with Crippen molar-refractivity contribution < 1.29 is 13.9 Å². The van der Waals surface area contributed by atoms with Gasteiger partial charge in [-0.15, -0.1) is 0 Å². The van der Waals surface area contributed by atoms with Gasteiger partial charge in [0.15, 0.2) is 0 Å². The second-order valence-corrected chi connectivity index (χ2v) is 8.82. The Labute approximate surface area is 211 Å². The molecule has 3 aromatic carbocycles. The van der Waals surface area contributed by atoms with E-state index in [0.717, 1.165) is 46.8 Å². The summed E-state index contributed by atoms with van der Waals surface area (Å²) in [6, 6.07) is 22.1. The number of benzene rings is 3. The monoisotopic (exact) mass is 489 g/mol. The van der Waals surface area contributed by atoms with Crippen molar-refractivity contribution in [3.05, 3.63) is 89.7 Å². The van der Waals surface area contributed by atoms with Crippen LogP contribution in [0.25, 0.3) is 11.0 Å². The van der Waals surface area contributed by atoms with E-state index in [0.29, 0.717) is 19.6 Å². The van der Waals surface area contributed by atoms with Crippen LogP contribution in [0.4, 0.5) is 15.1 Å². The smallest absolute Gasteiger partial charge is 0.317 e. The summed E-state index contributed by atoms with van der Waals surface area (Å²) in [4.78, 5) is 21.2. The van der Waals surface area contributed by atoms with Crippen LogP contribution in [0.2, 0.25) is 0 Å². The highest BCUT2D eigenvalue weighted by atomic mass is 19.1. The summed E-state index contributed by atoms with van der Waals surface area (Å²) >= 11 is 0. The topological polar surface area (TPSA) is 62.6 Å². The Kier molecular flexibility index (Phi) is 8.05. The molecule has 0 aliphatic heterocycles. The molecule has 0 aliphatic carbocycles. The van der Waals surface area contributed by atoms with E-state index < -0.39 is 0 Å². The molecule has 188 valence electrons. The molecule has 0 unspecified atom stereocenters. The Bertz CT molecular complexity index is 1310. The molecule has 1 heterocycles. The number of fused-ring (bicyclic) bond motifs is 1. The molecule has 2 amide bonds. The normalized spacial score (nSPS) is 10.9. The number of urea groups is 1. The predicted octanol–water partition coefficient (Wildman–Crippen LogP) is 4.90. The minimum atomic E-state index is -0.247. The maximum atomic E-state index is 13.4. The van der Waals surface area contributed by atoms with Gasteiger partial charge in [0.05, 0.1) is 24.7 Å². The lowest BCUT2D eigenvalue weighted by Crippen LogP contribution is -2.38. The number of para-hydroxylation sites is 2. The fraction of sp³-hybridized carbons (Fsp3) is 0.286. The first-order valence-electron chi connectivity index (χ1n) is 12.0. The van der Waals surface area contributed by atoms with Gasteiger partial charge in [-0.2, -0.15) is 0 Å². The van der Waals surface area contributed by atoms with Gasteiger partial charge in [-0.25, -0.2) is 14.2 Å². The van der Waals surface area contributed by atoms with E-state index in [2.05, 4.69) is 14.8 Å². The van der Waals surface area contributed by atoms with Gasteiger partial charge in [-0.3, -0.25) is 0 Å². The van der Waals surface area contributed by atoms with Crippen LogP contribution in [-0.2, 0) is 13.1 Å². The largest absolute Gasteiger partial charge is 0.497 e. The average molecular weight is 490 g/mol. The van der Waals surface area contributed by atoms with E-state index in [1.54, 1.807) is 31.2 Å². The predicted molar refractivity (Wildman–Crippen MR) is 141 cm³/mol. The van der Waals surface area contributed by atoms with Crippen molar-refractivity contribution in [2.45, 2.75) is 19.5 Å². The van der Waals surface area contributed by atoms with Crippen molar-refractivity contribution in [1.82, 2.24) is 19.8 Å². The summed E-state index contributed by atoms with van der Waals surface area (Å²) in [7, 11) is 5.43. The molecule has 0 atom stereocenters. The van der Waals surface area contributed by atoms with Crippen LogP contribution in [0, 0.1) is 5.82 Å². The fourth-order valence-corrected chi connectivity index (χ4v) is 4.12. The molecule has 0 bridgehead atoms. The maximum absolute atomic E-state index is 13.4. The number of amides is 2. The number of carbonyl (C=O) groups excluding carboxylic acids is 1. The Morgan fingerprint density at radius 3 is 2.56 bits per heavy atom. The molecule has 4 aromatic rings. The van der Waals surface area contributed by atoms with E-state index in [1.165, 1.54) is 12.1 Å². The maximum Gasteiger partial charge on any atom is 0.317 e. The first-order valence-corrected chi connectivity index (χ1v) is 12.0. The van der Waals surface area contributed by atoms with Crippen LogP contribution in [0.15, 0.2) is 72.8 Å². The lowest BCUT2D eigenvalue weighted by atomic mass is 10.2. The number of carbonyl (C=O) groups is 1. The first kappa shape index (κ1) is 25.0. The molecule has 0 saturated carbocycles. The van der Waals surface area contributed by atoms with Crippen LogP contribution in [-0.4, -0.2) is 54.8 Å². The van der Waals surface area contributed by atoms with E-state index in [4.69, 9.17) is 9.72 Å². The van der Waals surface area contributed by atoms with Crippen molar-refractivity contribution >= 4 is 23.0 Å².